The summed E-state index contributed by atoms with van der Waals surface area (Å²) >= 11 is 0. The first-order chi connectivity index (χ1) is 20.3. The molecule has 194 valence electrons. The number of aliphatic imine (C=N–C) groups is 2. The highest BCUT2D eigenvalue weighted by Gasteiger charge is 2.27. The van der Waals surface area contributed by atoms with E-state index in [1.807, 2.05) is 36.4 Å². The number of fused-ring (bicyclic) bond motifs is 4. The lowest BCUT2D eigenvalue weighted by Crippen LogP contribution is -2.34. The molecule has 41 heavy (non-hydrogen) atoms. The Morgan fingerprint density at radius 3 is 2.10 bits per heavy atom. The van der Waals surface area contributed by atoms with Crippen LogP contribution in [0.3, 0.4) is 0 Å². The lowest BCUT2D eigenvalue weighted by Gasteiger charge is -2.26. The quantitative estimate of drug-likeness (QED) is 0.248. The molecule has 1 aromatic heterocycles. The Hall–Kier alpha value is -5.48. The van der Waals surface area contributed by atoms with Gasteiger partial charge in [-0.05, 0) is 40.1 Å². The van der Waals surface area contributed by atoms with Crippen LogP contribution in [0.5, 0.6) is 0 Å². The molecule has 8 rings (SSSR count). The molecule has 0 radical (unpaired) electrons. The minimum Gasteiger partial charge on any atom is -0.456 e. The zero-order valence-corrected chi connectivity index (χ0v) is 22.2. The van der Waals surface area contributed by atoms with Crippen LogP contribution in [-0.4, -0.2) is 11.7 Å². The normalized spacial score (nSPS) is 15.1. The van der Waals surface area contributed by atoms with Gasteiger partial charge in [-0.2, -0.15) is 0 Å². The highest BCUT2D eigenvalue weighted by molar-refractivity contribution is 6.15. The second-order valence-corrected chi connectivity index (χ2v) is 10.3. The lowest BCUT2D eigenvalue weighted by molar-refractivity contribution is 0.663. The van der Waals surface area contributed by atoms with Gasteiger partial charge in [-0.3, -0.25) is 0 Å². The van der Waals surface area contributed by atoms with Crippen LogP contribution in [0.4, 0.5) is 0 Å². The summed E-state index contributed by atoms with van der Waals surface area (Å²) in [6.45, 7) is 0. The topological polar surface area (TPSA) is 49.9 Å². The number of furan rings is 1. The Bertz CT molecular complexity index is 2120. The van der Waals surface area contributed by atoms with E-state index in [0.717, 1.165) is 55.6 Å². The first-order valence-corrected chi connectivity index (χ1v) is 13.8. The standard InChI is InChI=1S/C37H25N3O/c1-3-12-25(13-4-1)29-21-22-32-33(30-17-9-10-18-31(30)41-32)34(29)37-39-35(26-14-5-2-6-15-26)38-36(40-37)28-20-19-24-11-7-8-16-27(24)23-28/h1-23,37H,(H,38,39,40). The highest BCUT2D eigenvalue weighted by atomic mass is 16.3. The summed E-state index contributed by atoms with van der Waals surface area (Å²) in [7, 11) is 0. The van der Waals surface area contributed by atoms with E-state index in [-0.39, 0.29) is 0 Å². The second kappa shape index (κ2) is 9.61. The van der Waals surface area contributed by atoms with Crippen LogP contribution in [0.25, 0.3) is 43.8 Å². The number of nitrogens with zero attached hydrogens (tertiary/aromatic N) is 2. The number of benzene rings is 6. The van der Waals surface area contributed by atoms with Crippen LogP contribution in [-0.2, 0) is 0 Å². The van der Waals surface area contributed by atoms with E-state index in [1.165, 1.54) is 10.8 Å². The Morgan fingerprint density at radius 1 is 0.561 bits per heavy atom. The average Bonchev–Trinajstić information content (AvgIpc) is 3.43. The Balaban J connectivity index is 1.39. The van der Waals surface area contributed by atoms with Gasteiger partial charge in [-0.25, -0.2) is 9.98 Å². The van der Waals surface area contributed by atoms with Gasteiger partial charge in [-0.15, -0.1) is 0 Å². The van der Waals surface area contributed by atoms with Gasteiger partial charge in [0.25, 0.3) is 0 Å². The van der Waals surface area contributed by atoms with Crippen molar-refractivity contribution in [1.29, 1.82) is 0 Å². The maximum atomic E-state index is 6.34. The monoisotopic (exact) mass is 527 g/mol. The van der Waals surface area contributed by atoms with Gasteiger partial charge in [0.05, 0.1) is 0 Å². The molecule has 0 spiro atoms. The van der Waals surface area contributed by atoms with Gasteiger partial charge in [0.2, 0.25) is 0 Å². The molecule has 0 saturated heterocycles. The number of para-hydroxylation sites is 1. The molecule has 1 unspecified atom stereocenters. The van der Waals surface area contributed by atoms with Gasteiger partial charge < -0.3 is 9.73 Å². The predicted molar refractivity (Wildman–Crippen MR) is 168 cm³/mol. The number of rotatable bonds is 4. The molecule has 1 aliphatic rings. The van der Waals surface area contributed by atoms with Crippen molar-refractivity contribution in [3.05, 3.63) is 156 Å². The molecular weight excluding hydrogens is 502 g/mol. The average molecular weight is 528 g/mol. The minimum absolute atomic E-state index is 0.399. The van der Waals surface area contributed by atoms with Gasteiger partial charge >= 0.3 is 0 Å². The fraction of sp³-hybridized carbons (Fsp3) is 0.0270. The molecule has 1 aliphatic heterocycles. The van der Waals surface area contributed by atoms with Crippen LogP contribution in [0.1, 0.15) is 22.9 Å². The largest absolute Gasteiger partial charge is 0.456 e. The van der Waals surface area contributed by atoms with Crippen molar-refractivity contribution < 1.29 is 4.42 Å². The van der Waals surface area contributed by atoms with Crippen molar-refractivity contribution in [2.75, 3.05) is 0 Å². The first kappa shape index (κ1) is 23.4. The SMILES string of the molecule is c1ccc(C2=NC(c3c(-c4ccccc4)ccc4oc5ccccc5c34)NC(c3ccc4ccccc4c3)=N2)cc1. The first-order valence-electron chi connectivity index (χ1n) is 13.8. The van der Waals surface area contributed by atoms with Crippen molar-refractivity contribution in [3.8, 4) is 11.1 Å². The summed E-state index contributed by atoms with van der Waals surface area (Å²) in [6, 6.07) is 48.0. The molecule has 4 heteroatoms. The zero-order chi connectivity index (χ0) is 27.2. The van der Waals surface area contributed by atoms with Gasteiger partial charge in [0.1, 0.15) is 23.2 Å². The molecule has 6 aromatic carbocycles. The summed E-state index contributed by atoms with van der Waals surface area (Å²) in [5, 5.41) is 8.23. The molecular formula is C37H25N3O. The van der Waals surface area contributed by atoms with Gasteiger partial charge in [0.15, 0.2) is 5.84 Å². The van der Waals surface area contributed by atoms with E-state index in [9.17, 15) is 0 Å². The number of hydrogen-bond donors (Lipinski definition) is 1. The van der Waals surface area contributed by atoms with Crippen molar-refractivity contribution in [2.24, 2.45) is 9.98 Å². The van der Waals surface area contributed by atoms with E-state index in [2.05, 4.69) is 108 Å². The fourth-order valence-electron chi connectivity index (χ4n) is 5.80. The number of amidine groups is 2. The maximum Gasteiger partial charge on any atom is 0.159 e. The summed E-state index contributed by atoms with van der Waals surface area (Å²) < 4.78 is 6.34. The summed E-state index contributed by atoms with van der Waals surface area (Å²) in [6.07, 6.45) is -0.399. The number of hydrogen-bond acceptors (Lipinski definition) is 4. The predicted octanol–water partition coefficient (Wildman–Crippen LogP) is 8.90. The third-order valence-electron chi connectivity index (χ3n) is 7.74. The molecule has 0 amide bonds. The Morgan fingerprint density at radius 2 is 1.27 bits per heavy atom. The van der Waals surface area contributed by atoms with Crippen LogP contribution in [0, 0.1) is 0 Å². The molecule has 0 aliphatic carbocycles. The summed E-state index contributed by atoms with van der Waals surface area (Å²) in [4.78, 5) is 10.3. The summed E-state index contributed by atoms with van der Waals surface area (Å²) in [5.41, 5.74) is 7.00. The van der Waals surface area contributed by atoms with Crippen LogP contribution in [0.15, 0.2) is 154 Å². The fourth-order valence-corrected chi connectivity index (χ4v) is 5.80. The summed E-state index contributed by atoms with van der Waals surface area (Å²) in [5.74, 6) is 1.49. The van der Waals surface area contributed by atoms with E-state index in [0.29, 0.717) is 5.84 Å². The molecule has 2 heterocycles. The van der Waals surface area contributed by atoms with Crippen molar-refractivity contribution >= 4 is 44.4 Å². The second-order valence-electron chi connectivity index (χ2n) is 10.3. The molecule has 4 nitrogen and oxygen atoms in total. The maximum absolute atomic E-state index is 6.34. The third-order valence-corrected chi connectivity index (χ3v) is 7.74. The van der Waals surface area contributed by atoms with Gasteiger partial charge in [0, 0.05) is 27.5 Å². The van der Waals surface area contributed by atoms with E-state index < -0.39 is 6.17 Å². The smallest absolute Gasteiger partial charge is 0.159 e. The molecule has 1 atom stereocenters. The lowest BCUT2D eigenvalue weighted by atomic mass is 9.93. The Labute approximate surface area is 237 Å². The molecule has 7 aromatic rings. The third kappa shape index (κ3) is 4.09. The molecule has 0 fully saturated rings. The van der Waals surface area contributed by atoms with Crippen LogP contribution >= 0.6 is 0 Å². The van der Waals surface area contributed by atoms with Crippen LogP contribution < -0.4 is 5.32 Å². The zero-order valence-electron chi connectivity index (χ0n) is 22.2. The molecule has 1 N–H and O–H groups in total. The van der Waals surface area contributed by atoms with Crippen molar-refractivity contribution in [1.82, 2.24) is 5.32 Å². The minimum atomic E-state index is -0.399. The molecule has 0 saturated carbocycles. The highest BCUT2D eigenvalue weighted by Crippen LogP contribution is 2.41. The van der Waals surface area contributed by atoms with Crippen molar-refractivity contribution in [2.45, 2.75) is 6.17 Å². The number of nitrogens with one attached hydrogen (secondary N) is 1. The van der Waals surface area contributed by atoms with Gasteiger partial charge in [-0.1, -0.05) is 121 Å². The van der Waals surface area contributed by atoms with E-state index in [4.69, 9.17) is 14.4 Å². The van der Waals surface area contributed by atoms with E-state index >= 15 is 0 Å². The molecule has 0 bridgehead atoms. The van der Waals surface area contributed by atoms with E-state index in [1.54, 1.807) is 0 Å². The van der Waals surface area contributed by atoms with Crippen LogP contribution in [0.2, 0.25) is 0 Å². The van der Waals surface area contributed by atoms with Crippen molar-refractivity contribution in [3.63, 3.8) is 0 Å². The Kier molecular flexibility index (Phi) is 5.49.